The van der Waals surface area contributed by atoms with Gasteiger partial charge < -0.3 is 0 Å². The van der Waals surface area contributed by atoms with E-state index in [1.54, 1.807) is 21.5 Å². The monoisotopic (exact) mass is 281 g/mol. The molecular formula is C16H15N3O2. The first-order valence-corrected chi connectivity index (χ1v) is 7.38. The zero-order valence-electron chi connectivity index (χ0n) is 11.6. The molecule has 3 heterocycles. The molecule has 0 spiro atoms. The van der Waals surface area contributed by atoms with Crippen LogP contribution in [0, 0.1) is 11.8 Å². The van der Waals surface area contributed by atoms with Crippen molar-refractivity contribution in [2.75, 3.05) is 0 Å². The Kier molecular flexibility index (Phi) is 1.88. The van der Waals surface area contributed by atoms with E-state index in [0.717, 1.165) is 6.42 Å². The number of allylic oxidation sites excluding steroid dienone is 2. The van der Waals surface area contributed by atoms with Crippen molar-refractivity contribution in [1.82, 2.24) is 13.9 Å². The maximum absolute atomic E-state index is 12.8. The predicted molar refractivity (Wildman–Crippen MR) is 77.7 cm³/mol. The highest BCUT2D eigenvalue weighted by Crippen LogP contribution is 2.60. The topological polar surface area (TPSA) is 48.9 Å². The van der Waals surface area contributed by atoms with Crippen molar-refractivity contribution in [3.63, 3.8) is 0 Å². The zero-order valence-corrected chi connectivity index (χ0v) is 11.6. The molecule has 2 bridgehead atoms. The predicted octanol–water partition coefficient (Wildman–Crippen LogP) is 1.49. The molecule has 4 aliphatic rings. The first kappa shape index (κ1) is 11.4. The van der Waals surface area contributed by atoms with Crippen LogP contribution in [0.3, 0.4) is 0 Å². The van der Waals surface area contributed by atoms with Gasteiger partial charge in [-0.15, -0.1) is 0 Å². The number of hydrogen-bond acceptors (Lipinski definition) is 2. The summed E-state index contributed by atoms with van der Waals surface area (Å²) in [5.74, 6) is 1.09. The molecule has 0 unspecified atom stereocenters. The van der Waals surface area contributed by atoms with Gasteiger partial charge in [0, 0.05) is 0 Å². The minimum Gasteiger partial charge on any atom is -0.245 e. The van der Waals surface area contributed by atoms with Gasteiger partial charge in [-0.25, -0.2) is 23.5 Å². The molecular weight excluding hydrogens is 266 g/mol. The summed E-state index contributed by atoms with van der Waals surface area (Å²) in [5.41, 5.74) is 1.45. The Balaban J connectivity index is 1.84. The summed E-state index contributed by atoms with van der Waals surface area (Å²) in [6.45, 7) is 2.08. The largest absolute Gasteiger partial charge is 0.352 e. The molecule has 2 aromatic rings. The van der Waals surface area contributed by atoms with Crippen LogP contribution in [0.1, 0.15) is 25.4 Å². The second-order valence-corrected chi connectivity index (χ2v) is 6.33. The van der Waals surface area contributed by atoms with Crippen LogP contribution in [0.2, 0.25) is 0 Å². The molecule has 0 saturated heterocycles. The number of rotatable bonds is 1. The summed E-state index contributed by atoms with van der Waals surface area (Å²) in [5, 5.41) is 0. The summed E-state index contributed by atoms with van der Waals surface area (Å²) in [6, 6.07) is 9.31. The van der Waals surface area contributed by atoms with Crippen LogP contribution in [0.25, 0.3) is 5.69 Å². The van der Waals surface area contributed by atoms with Gasteiger partial charge in [0.15, 0.2) is 0 Å². The lowest BCUT2D eigenvalue weighted by Gasteiger charge is -2.35. The van der Waals surface area contributed by atoms with E-state index in [-0.39, 0.29) is 23.5 Å². The van der Waals surface area contributed by atoms with E-state index >= 15 is 0 Å². The molecule has 21 heavy (non-hydrogen) atoms. The third kappa shape index (κ3) is 1.22. The first-order valence-electron chi connectivity index (χ1n) is 7.38. The second kappa shape index (κ2) is 3.47. The molecule has 1 fully saturated rings. The number of aromatic nitrogens is 3. The molecule has 6 rings (SSSR count). The minimum absolute atomic E-state index is 0.0603. The standard InChI is InChI=1S/C16H15N3O2/c1-9-7-13-11-8-12(11)14(9)19-16(21)17(15(20)18(13)19)10-5-3-2-4-6-10/h2-7,11-14H,8H2,1H3/t11-,12-,13-,14+/m0/s1. The van der Waals surface area contributed by atoms with Crippen LogP contribution in [0.5, 0.6) is 0 Å². The van der Waals surface area contributed by atoms with E-state index in [1.807, 2.05) is 18.2 Å². The van der Waals surface area contributed by atoms with Crippen molar-refractivity contribution in [1.29, 1.82) is 0 Å². The van der Waals surface area contributed by atoms with E-state index < -0.39 is 0 Å². The molecule has 4 atom stereocenters. The quantitative estimate of drug-likeness (QED) is 0.744. The molecule has 5 heteroatoms. The van der Waals surface area contributed by atoms with Crippen LogP contribution in [0.4, 0.5) is 0 Å². The van der Waals surface area contributed by atoms with E-state index in [9.17, 15) is 9.59 Å². The molecule has 0 radical (unpaired) electrons. The van der Waals surface area contributed by atoms with Crippen LogP contribution >= 0.6 is 0 Å². The van der Waals surface area contributed by atoms with Crippen LogP contribution in [-0.4, -0.2) is 13.9 Å². The Morgan fingerprint density at radius 3 is 2.48 bits per heavy atom. The highest BCUT2D eigenvalue weighted by atomic mass is 16.2. The Labute approximate surface area is 120 Å². The van der Waals surface area contributed by atoms with Gasteiger partial charge in [0.05, 0.1) is 17.8 Å². The number of nitrogens with zero attached hydrogens (tertiary/aromatic N) is 3. The van der Waals surface area contributed by atoms with Crippen molar-refractivity contribution in [3.8, 4) is 5.69 Å². The fourth-order valence-electron chi connectivity index (χ4n) is 4.24. The Hall–Kier alpha value is -2.30. The maximum atomic E-state index is 12.8. The van der Waals surface area contributed by atoms with Gasteiger partial charge in [0.1, 0.15) is 0 Å². The van der Waals surface area contributed by atoms with Crippen molar-refractivity contribution in [3.05, 3.63) is 62.9 Å². The molecule has 106 valence electrons. The average Bonchev–Trinajstić information content (AvgIpc) is 3.24. The minimum atomic E-state index is -0.213. The number of benzene rings is 1. The van der Waals surface area contributed by atoms with Crippen molar-refractivity contribution >= 4 is 0 Å². The van der Waals surface area contributed by atoms with Crippen molar-refractivity contribution in [2.24, 2.45) is 11.8 Å². The Morgan fingerprint density at radius 2 is 1.71 bits per heavy atom. The molecule has 2 aliphatic carbocycles. The molecule has 2 aliphatic heterocycles. The lowest BCUT2D eigenvalue weighted by molar-refractivity contribution is 0.230. The fraction of sp³-hybridized carbons (Fsp3) is 0.375. The van der Waals surface area contributed by atoms with Gasteiger partial charge in [-0.05, 0) is 37.3 Å². The van der Waals surface area contributed by atoms with Gasteiger partial charge in [-0.3, -0.25) is 0 Å². The summed E-state index contributed by atoms with van der Waals surface area (Å²) >= 11 is 0. The maximum Gasteiger partial charge on any atom is 0.352 e. The van der Waals surface area contributed by atoms with Gasteiger partial charge >= 0.3 is 11.4 Å². The first-order chi connectivity index (χ1) is 10.2. The van der Waals surface area contributed by atoms with Gasteiger partial charge in [-0.1, -0.05) is 29.8 Å². The van der Waals surface area contributed by atoms with E-state index in [0.29, 0.717) is 17.5 Å². The molecule has 5 nitrogen and oxygen atoms in total. The normalized spacial score (nSPS) is 31.6. The lowest BCUT2D eigenvalue weighted by Crippen LogP contribution is -2.42. The number of hydrogen-bond donors (Lipinski definition) is 0. The van der Waals surface area contributed by atoms with Crippen molar-refractivity contribution < 1.29 is 0 Å². The van der Waals surface area contributed by atoms with E-state index in [2.05, 4.69) is 13.0 Å². The number of para-hydroxylation sites is 1. The second-order valence-electron chi connectivity index (χ2n) is 6.33. The van der Waals surface area contributed by atoms with E-state index in [1.165, 1.54) is 10.1 Å². The molecule has 1 aromatic heterocycles. The zero-order chi connectivity index (χ0) is 14.3. The molecule has 1 aromatic carbocycles. The Morgan fingerprint density at radius 1 is 1.00 bits per heavy atom. The lowest BCUT2D eigenvalue weighted by atomic mass is 9.90. The van der Waals surface area contributed by atoms with Crippen LogP contribution in [-0.2, 0) is 0 Å². The van der Waals surface area contributed by atoms with Gasteiger partial charge in [-0.2, -0.15) is 0 Å². The summed E-state index contributed by atoms with van der Waals surface area (Å²) < 4.78 is 4.68. The average molecular weight is 281 g/mol. The molecule has 0 amide bonds. The SMILES string of the molecule is CC1=C[C@H]2[C@H]3C[C@@H]3[C@@H]1n1c(=O)n(-c3ccccc3)c(=O)n12. The highest BCUT2D eigenvalue weighted by Gasteiger charge is 2.57. The third-order valence-electron chi connectivity index (χ3n) is 5.20. The van der Waals surface area contributed by atoms with E-state index in [4.69, 9.17) is 0 Å². The summed E-state index contributed by atoms with van der Waals surface area (Å²) in [4.78, 5) is 25.6. The Bertz CT molecular complexity index is 900. The van der Waals surface area contributed by atoms with Crippen LogP contribution < -0.4 is 11.4 Å². The molecule has 0 N–H and O–H groups in total. The van der Waals surface area contributed by atoms with Gasteiger partial charge in [0.2, 0.25) is 0 Å². The molecule has 1 saturated carbocycles. The smallest absolute Gasteiger partial charge is 0.245 e. The third-order valence-corrected chi connectivity index (χ3v) is 5.20. The highest BCUT2D eigenvalue weighted by molar-refractivity contribution is 5.33. The van der Waals surface area contributed by atoms with Gasteiger partial charge in [0.25, 0.3) is 0 Å². The fourth-order valence-corrected chi connectivity index (χ4v) is 4.24. The van der Waals surface area contributed by atoms with Crippen molar-refractivity contribution in [2.45, 2.75) is 25.4 Å². The van der Waals surface area contributed by atoms with Crippen LogP contribution in [0.15, 0.2) is 51.6 Å². The summed E-state index contributed by atoms with van der Waals surface area (Å²) in [6.07, 6.45) is 3.30. The summed E-state index contributed by atoms with van der Waals surface area (Å²) in [7, 11) is 0.